The lowest BCUT2D eigenvalue weighted by molar-refractivity contribution is -0.131. The zero-order valence-electron chi connectivity index (χ0n) is 21.7. The van der Waals surface area contributed by atoms with Gasteiger partial charge in [0.05, 0.1) is 43.5 Å². The molecule has 0 unspecified atom stereocenters. The Morgan fingerprint density at radius 2 is 2.00 bits per heavy atom. The molecule has 210 valence electrons. The molecule has 11 nitrogen and oxygen atoms in total. The number of alkyl halides is 2. The summed E-state index contributed by atoms with van der Waals surface area (Å²) in [4.78, 5) is 53.5. The number of nitriles is 1. The minimum atomic E-state index is -3.14. The number of likely N-dealkylation sites (tertiary alicyclic amines) is 1. The second kappa shape index (κ2) is 12.1. The molecule has 40 heavy (non-hydrogen) atoms. The zero-order chi connectivity index (χ0) is 28.9. The van der Waals surface area contributed by atoms with Crippen molar-refractivity contribution in [1.29, 1.82) is 5.26 Å². The Bertz CT molecular complexity index is 1530. The molecule has 0 radical (unpaired) electrons. The molecule has 1 aliphatic rings. The largest absolute Gasteiger partial charge is 0.494 e. The van der Waals surface area contributed by atoms with Gasteiger partial charge in [-0.2, -0.15) is 5.26 Å². The fraction of sp³-hybridized carbons (Fsp3) is 0.407. The van der Waals surface area contributed by atoms with E-state index >= 15 is 0 Å². The molecule has 3 aromatic rings. The van der Waals surface area contributed by atoms with E-state index in [-0.39, 0.29) is 17.0 Å². The summed E-state index contributed by atoms with van der Waals surface area (Å²) in [7, 11) is 0. The average molecular weight is 556 g/mol. The second-order valence-corrected chi connectivity index (χ2v) is 9.22. The molecule has 4 rings (SSSR count). The van der Waals surface area contributed by atoms with Crippen LogP contribution in [0.25, 0.3) is 10.9 Å². The molecule has 1 saturated heterocycles. The molecule has 0 saturated carbocycles. The first-order chi connectivity index (χ1) is 19.1. The highest BCUT2D eigenvalue weighted by Crippen LogP contribution is 2.31. The Labute approximate surface area is 227 Å². The van der Waals surface area contributed by atoms with Crippen LogP contribution < -0.4 is 31.0 Å². The smallest absolute Gasteiger partial charge is 0.272 e. The Morgan fingerprint density at radius 3 is 2.75 bits per heavy atom. The molecule has 1 fully saturated rings. The predicted molar refractivity (Wildman–Crippen MR) is 140 cm³/mol. The normalized spacial score (nSPS) is 16.1. The van der Waals surface area contributed by atoms with Gasteiger partial charge in [-0.05, 0) is 44.0 Å². The number of rotatable bonds is 12. The Hall–Kier alpha value is -4.60. The van der Waals surface area contributed by atoms with Gasteiger partial charge in [0.25, 0.3) is 22.7 Å². The van der Waals surface area contributed by atoms with E-state index in [1.165, 1.54) is 12.3 Å². The predicted octanol–water partition coefficient (Wildman–Crippen LogP) is 1.99. The fourth-order valence-electron chi connectivity index (χ4n) is 4.40. The van der Waals surface area contributed by atoms with Crippen LogP contribution in [0.5, 0.6) is 11.5 Å². The SMILES string of the molecule is CCOc1c(NCCCCOc2ccc3nccc(C(=O)NCC(=O)N4CC(F)(F)C[C@H]4C#N)c3c2)c(=O)c1=O. The molecule has 2 aromatic carbocycles. The van der Waals surface area contributed by atoms with E-state index in [1.54, 1.807) is 31.2 Å². The highest BCUT2D eigenvalue weighted by Gasteiger charge is 2.47. The molecular weight excluding hydrogens is 528 g/mol. The summed E-state index contributed by atoms with van der Waals surface area (Å²) in [6, 6.07) is 6.95. The number of anilines is 1. The van der Waals surface area contributed by atoms with Crippen LogP contribution in [0, 0.1) is 11.3 Å². The van der Waals surface area contributed by atoms with Crippen LogP contribution in [-0.2, 0) is 4.79 Å². The van der Waals surface area contributed by atoms with E-state index in [4.69, 9.17) is 14.7 Å². The molecule has 1 aromatic heterocycles. The summed E-state index contributed by atoms with van der Waals surface area (Å²) in [5.74, 6) is -3.96. The third-order valence-corrected chi connectivity index (χ3v) is 6.39. The van der Waals surface area contributed by atoms with Gasteiger partial charge in [0.15, 0.2) is 5.75 Å². The number of aromatic nitrogens is 1. The number of ether oxygens (including phenoxy) is 2. The topological polar surface area (TPSA) is 151 Å². The Balaban J connectivity index is 1.30. The highest BCUT2D eigenvalue weighted by molar-refractivity contribution is 6.07. The van der Waals surface area contributed by atoms with E-state index in [0.717, 1.165) is 4.90 Å². The lowest BCUT2D eigenvalue weighted by Gasteiger charge is -2.19. The van der Waals surface area contributed by atoms with Crippen LogP contribution in [0.2, 0.25) is 0 Å². The van der Waals surface area contributed by atoms with Crippen LogP contribution in [0.15, 0.2) is 40.1 Å². The molecule has 1 atom stereocenters. The van der Waals surface area contributed by atoms with E-state index in [0.29, 0.717) is 49.3 Å². The van der Waals surface area contributed by atoms with E-state index < -0.39 is 54.1 Å². The number of nitrogens with one attached hydrogen (secondary N) is 2. The van der Waals surface area contributed by atoms with Gasteiger partial charge < -0.3 is 25.0 Å². The van der Waals surface area contributed by atoms with Gasteiger partial charge in [0, 0.05) is 24.5 Å². The molecule has 0 aliphatic carbocycles. The monoisotopic (exact) mass is 555 g/mol. The molecule has 2 N–H and O–H groups in total. The number of halogens is 2. The summed E-state index contributed by atoms with van der Waals surface area (Å²) < 4.78 is 38.3. The van der Waals surface area contributed by atoms with Crippen molar-refractivity contribution >= 4 is 28.4 Å². The zero-order valence-corrected chi connectivity index (χ0v) is 21.7. The minimum absolute atomic E-state index is 0.0710. The second-order valence-electron chi connectivity index (χ2n) is 9.22. The molecule has 1 aliphatic heterocycles. The molecular formula is C27H27F2N5O6. The van der Waals surface area contributed by atoms with Gasteiger partial charge in [0.2, 0.25) is 5.91 Å². The van der Waals surface area contributed by atoms with Crippen molar-refractivity contribution in [1.82, 2.24) is 15.2 Å². The van der Waals surface area contributed by atoms with Crippen LogP contribution in [0.3, 0.4) is 0 Å². The van der Waals surface area contributed by atoms with Gasteiger partial charge in [0.1, 0.15) is 17.5 Å². The lowest BCUT2D eigenvalue weighted by Crippen LogP contribution is -2.43. The Kier molecular flexibility index (Phi) is 8.57. The summed E-state index contributed by atoms with van der Waals surface area (Å²) in [5.41, 5.74) is -0.281. The average Bonchev–Trinajstić information content (AvgIpc) is 3.28. The number of hydrogen-bond donors (Lipinski definition) is 2. The lowest BCUT2D eigenvalue weighted by atomic mass is 10.1. The summed E-state index contributed by atoms with van der Waals surface area (Å²) >= 11 is 0. The first-order valence-corrected chi connectivity index (χ1v) is 12.7. The number of carbonyl (C=O) groups is 2. The van der Waals surface area contributed by atoms with Crippen molar-refractivity contribution in [3.8, 4) is 17.6 Å². The van der Waals surface area contributed by atoms with Gasteiger partial charge in [-0.3, -0.25) is 24.2 Å². The van der Waals surface area contributed by atoms with E-state index in [2.05, 4.69) is 15.6 Å². The van der Waals surface area contributed by atoms with Crippen LogP contribution >= 0.6 is 0 Å². The number of amides is 2. The van der Waals surface area contributed by atoms with Crippen molar-refractivity contribution in [2.24, 2.45) is 0 Å². The number of carbonyl (C=O) groups excluding carboxylic acids is 2. The van der Waals surface area contributed by atoms with Crippen molar-refractivity contribution in [3.63, 3.8) is 0 Å². The quantitative estimate of drug-likeness (QED) is 0.253. The van der Waals surface area contributed by atoms with Crippen molar-refractivity contribution in [3.05, 3.63) is 56.5 Å². The van der Waals surface area contributed by atoms with Gasteiger partial charge in [-0.15, -0.1) is 0 Å². The van der Waals surface area contributed by atoms with Crippen LogP contribution in [-0.4, -0.2) is 66.5 Å². The van der Waals surface area contributed by atoms with Crippen molar-refractivity contribution in [2.75, 3.05) is 38.2 Å². The van der Waals surface area contributed by atoms with Gasteiger partial charge in [-0.25, -0.2) is 8.78 Å². The molecule has 2 heterocycles. The number of fused-ring (bicyclic) bond motifs is 1. The van der Waals surface area contributed by atoms with Crippen molar-refractivity contribution < 1.29 is 27.8 Å². The van der Waals surface area contributed by atoms with Gasteiger partial charge >= 0.3 is 0 Å². The standard InChI is InChI=1S/C27H27F2N5O6/c1-2-39-25-22(23(36)24(25)37)32-8-3-4-10-40-17-5-6-20-19(11-17)18(7-9-31-20)26(38)33-14-21(35)34-15-27(28,29)12-16(34)13-30/h5-7,9,11,16,32H,2-4,8,10,12,14-15H2,1H3,(H,33,38)/t16-/m0/s1. The number of benzene rings is 1. The third-order valence-electron chi connectivity index (χ3n) is 6.39. The number of unbranched alkanes of at least 4 members (excludes halogenated alkanes) is 1. The highest BCUT2D eigenvalue weighted by atomic mass is 19.3. The maximum Gasteiger partial charge on any atom is 0.272 e. The summed E-state index contributed by atoms with van der Waals surface area (Å²) in [6.07, 6.45) is 1.99. The maximum absolute atomic E-state index is 13.6. The number of pyridine rings is 1. The first-order valence-electron chi connectivity index (χ1n) is 12.7. The van der Waals surface area contributed by atoms with Crippen LogP contribution in [0.4, 0.5) is 14.5 Å². The molecule has 13 heteroatoms. The Morgan fingerprint density at radius 1 is 1.20 bits per heavy atom. The minimum Gasteiger partial charge on any atom is -0.494 e. The number of hydrogen-bond acceptors (Lipinski definition) is 9. The first kappa shape index (κ1) is 28.4. The molecule has 0 bridgehead atoms. The van der Waals surface area contributed by atoms with E-state index in [9.17, 15) is 28.0 Å². The number of nitrogens with zero attached hydrogens (tertiary/aromatic N) is 3. The van der Waals surface area contributed by atoms with Gasteiger partial charge in [-0.1, -0.05) is 0 Å². The molecule has 2 amide bonds. The van der Waals surface area contributed by atoms with Crippen molar-refractivity contribution in [2.45, 2.75) is 38.2 Å². The maximum atomic E-state index is 13.6. The summed E-state index contributed by atoms with van der Waals surface area (Å²) in [6.45, 7) is 1.41. The fourth-order valence-corrected chi connectivity index (χ4v) is 4.40. The summed E-state index contributed by atoms with van der Waals surface area (Å²) in [5, 5.41) is 14.9. The van der Waals surface area contributed by atoms with Crippen LogP contribution in [0.1, 0.15) is 36.5 Å². The van der Waals surface area contributed by atoms with E-state index in [1.807, 2.05) is 0 Å². The third kappa shape index (κ3) is 6.17. The molecule has 0 spiro atoms.